The van der Waals surface area contributed by atoms with Gasteiger partial charge in [0.05, 0.1) is 0 Å². The van der Waals surface area contributed by atoms with Crippen molar-refractivity contribution in [1.29, 1.82) is 0 Å². The molecular weight excluding hydrogens is 414 g/mol. The molecule has 0 fully saturated rings. The Kier molecular flexibility index (Phi) is 5.49. The number of amides is 1. The number of carbonyl (C=O) groups is 1. The number of hydrogen-bond acceptors (Lipinski definition) is 2. The lowest BCUT2D eigenvalue weighted by Crippen LogP contribution is -2.37. The fourth-order valence-electron chi connectivity index (χ4n) is 3.60. The number of fused-ring (bicyclic) bond motifs is 1. The summed E-state index contributed by atoms with van der Waals surface area (Å²) in [5, 5.41) is 0. The summed E-state index contributed by atoms with van der Waals surface area (Å²) in [6.07, 6.45) is 0.735. The molecule has 0 radical (unpaired) electrons. The smallest absolute Gasteiger partial charge is 0.254 e. The number of nitrogens with zero attached hydrogens (tertiary/aromatic N) is 1. The quantitative estimate of drug-likeness (QED) is 0.507. The molecule has 4 rings (SSSR count). The van der Waals surface area contributed by atoms with E-state index in [1.807, 2.05) is 72.5 Å². The molecule has 0 bridgehead atoms. The molecule has 4 heteroatoms. The maximum absolute atomic E-state index is 13.1. The first-order chi connectivity index (χ1) is 13.6. The normalized spacial score (nSPS) is 14.5. The summed E-state index contributed by atoms with van der Waals surface area (Å²) in [5.74, 6) is 0.882. The summed E-state index contributed by atoms with van der Waals surface area (Å²) in [7, 11) is 0. The van der Waals surface area contributed by atoms with Gasteiger partial charge in [0.15, 0.2) is 0 Å². The SMILES string of the molecule is CC(Oc1cccc2c1CCN(Cc1ccc(Br)cc1)C2=O)c1ccccc1. The number of benzene rings is 3. The molecule has 28 heavy (non-hydrogen) atoms. The van der Waals surface area contributed by atoms with E-state index in [1.54, 1.807) is 0 Å². The van der Waals surface area contributed by atoms with E-state index in [4.69, 9.17) is 4.74 Å². The minimum absolute atomic E-state index is 0.0661. The molecule has 0 aromatic heterocycles. The van der Waals surface area contributed by atoms with Gasteiger partial charge in [0.2, 0.25) is 0 Å². The Bertz CT molecular complexity index is 970. The standard InChI is InChI=1S/C24H22BrNO2/c1-17(19-6-3-2-4-7-19)28-23-9-5-8-22-21(23)14-15-26(24(22)27)16-18-10-12-20(25)13-11-18/h2-13,17H,14-16H2,1H3. The predicted octanol–water partition coefficient (Wildman–Crippen LogP) is 5.79. The van der Waals surface area contributed by atoms with Crippen molar-refractivity contribution in [2.45, 2.75) is 26.0 Å². The molecule has 0 saturated heterocycles. The van der Waals surface area contributed by atoms with E-state index in [0.717, 1.165) is 38.9 Å². The van der Waals surface area contributed by atoms with Gasteiger partial charge in [-0.05, 0) is 48.7 Å². The molecule has 0 aliphatic carbocycles. The van der Waals surface area contributed by atoms with E-state index in [2.05, 4.69) is 28.1 Å². The molecule has 3 aromatic carbocycles. The van der Waals surface area contributed by atoms with Crippen molar-refractivity contribution < 1.29 is 9.53 Å². The zero-order valence-corrected chi connectivity index (χ0v) is 17.4. The van der Waals surface area contributed by atoms with Crippen molar-refractivity contribution in [3.05, 3.63) is 99.5 Å². The van der Waals surface area contributed by atoms with Gasteiger partial charge in [-0.1, -0.05) is 64.5 Å². The highest BCUT2D eigenvalue weighted by Gasteiger charge is 2.27. The lowest BCUT2D eigenvalue weighted by molar-refractivity contribution is 0.0724. The summed E-state index contributed by atoms with van der Waals surface area (Å²) in [5.41, 5.74) is 4.02. The Morgan fingerprint density at radius 3 is 2.50 bits per heavy atom. The Hall–Kier alpha value is -2.59. The Morgan fingerprint density at radius 1 is 1.00 bits per heavy atom. The fraction of sp³-hybridized carbons (Fsp3) is 0.208. The van der Waals surface area contributed by atoms with E-state index < -0.39 is 0 Å². The second-order valence-corrected chi connectivity index (χ2v) is 7.97. The maximum atomic E-state index is 13.1. The van der Waals surface area contributed by atoms with Crippen LogP contribution >= 0.6 is 15.9 Å². The number of rotatable bonds is 5. The Labute approximate surface area is 174 Å². The van der Waals surface area contributed by atoms with Gasteiger partial charge in [0.25, 0.3) is 5.91 Å². The van der Waals surface area contributed by atoms with Crippen LogP contribution in [0, 0.1) is 0 Å². The van der Waals surface area contributed by atoms with Crippen molar-refractivity contribution in [1.82, 2.24) is 4.90 Å². The van der Waals surface area contributed by atoms with Gasteiger partial charge in [0, 0.05) is 28.7 Å². The molecule has 1 heterocycles. The topological polar surface area (TPSA) is 29.5 Å². The lowest BCUT2D eigenvalue weighted by atomic mass is 9.97. The summed E-state index contributed by atoms with van der Waals surface area (Å²) in [6, 6.07) is 24.0. The molecule has 1 aliphatic rings. The van der Waals surface area contributed by atoms with Crippen LogP contribution in [0.15, 0.2) is 77.3 Å². The molecule has 3 nitrogen and oxygen atoms in total. The van der Waals surface area contributed by atoms with Gasteiger partial charge in [-0.25, -0.2) is 0 Å². The molecule has 1 amide bonds. The van der Waals surface area contributed by atoms with E-state index >= 15 is 0 Å². The van der Waals surface area contributed by atoms with Crippen LogP contribution in [0.5, 0.6) is 5.75 Å². The highest BCUT2D eigenvalue weighted by molar-refractivity contribution is 9.10. The number of halogens is 1. The van der Waals surface area contributed by atoms with Crippen molar-refractivity contribution >= 4 is 21.8 Å². The van der Waals surface area contributed by atoms with Gasteiger partial charge in [-0.3, -0.25) is 4.79 Å². The van der Waals surface area contributed by atoms with Crippen LogP contribution in [-0.2, 0) is 13.0 Å². The molecule has 1 unspecified atom stereocenters. The van der Waals surface area contributed by atoms with Gasteiger partial charge in [0.1, 0.15) is 11.9 Å². The van der Waals surface area contributed by atoms with Crippen molar-refractivity contribution in [3.8, 4) is 5.75 Å². The maximum Gasteiger partial charge on any atom is 0.254 e. The van der Waals surface area contributed by atoms with Crippen LogP contribution in [-0.4, -0.2) is 17.4 Å². The third-order valence-electron chi connectivity index (χ3n) is 5.14. The summed E-state index contributed by atoms with van der Waals surface area (Å²) in [6.45, 7) is 3.36. The molecule has 0 saturated carbocycles. The molecule has 3 aromatic rings. The fourth-order valence-corrected chi connectivity index (χ4v) is 3.86. The molecule has 0 spiro atoms. The monoisotopic (exact) mass is 435 g/mol. The van der Waals surface area contributed by atoms with Crippen molar-refractivity contribution in [2.75, 3.05) is 6.54 Å². The minimum atomic E-state index is -0.0661. The molecular formula is C24H22BrNO2. The van der Waals surface area contributed by atoms with E-state index in [9.17, 15) is 4.79 Å². The molecule has 1 atom stereocenters. The average Bonchev–Trinajstić information content (AvgIpc) is 2.73. The van der Waals surface area contributed by atoms with Gasteiger partial charge in [-0.2, -0.15) is 0 Å². The van der Waals surface area contributed by atoms with Crippen LogP contribution in [0.4, 0.5) is 0 Å². The number of ether oxygens (including phenoxy) is 1. The van der Waals surface area contributed by atoms with Crippen LogP contribution < -0.4 is 4.74 Å². The van der Waals surface area contributed by atoms with Gasteiger partial charge in [-0.15, -0.1) is 0 Å². The minimum Gasteiger partial charge on any atom is -0.486 e. The van der Waals surface area contributed by atoms with Crippen LogP contribution in [0.2, 0.25) is 0 Å². The van der Waals surface area contributed by atoms with E-state index in [0.29, 0.717) is 13.1 Å². The number of carbonyl (C=O) groups excluding carboxylic acids is 1. The first kappa shape index (κ1) is 18.8. The van der Waals surface area contributed by atoms with Crippen molar-refractivity contribution in [3.63, 3.8) is 0 Å². The zero-order chi connectivity index (χ0) is 19.5. The Balaban J connectivity index is 1.53. The second-order valence-electron chi connectivity index (χ2n) is 7.06. The zero-order valence-electron chi connectivity index (χ0n) is 15.8. The molecule has 142 valence electrons. The van der Waals surface area contributed by atoms with Gasteiger partial charge < -0.3 is 9.64 Å². The van der Waals surface area contributed by atoms with Crippen molar-refractivity contribution in [2.24, 2.45) is 0 Å². The first-order valence-electron chi connectivity index (χ1n) is 9.49. The van der Waals surface area contributed by atoms with Crippen LogP contribution in [0.1, 0.15) is 40.1 Å². The van der Waals surface area contributed by atoms with Gasteiger partial charge >= 0.3 is 0 Å². The largest absolute Gasteiger partial charge is 0.486 e. The Morgan fingerprint density at radius 2 is 1.75 bits per heavy atom. The highest BCUT2D eigenvalue weighted by Crippen LogP contribution is 2.32. The third-order valence-corrected chi connectivity index (χ3v) is 5.67. The summed E-state index contributed by atoms with van der Waals surface area (Å²) in [4.78, 5) is 15.0. The molecule has 1 aliphatic heterocycles. The number of hydrogen-bond donors (Lipinski definition) is 0. The first-order valence-corrected chi connectivity index (χ1v) is 10.3. The van der Waals surface area contributed by atoms with E-state index in [-0.39, 0.29) is 12.0 Å². The lowest BCUT2D eigenvalue weighted by Gasteiger charge is -2.30. The second kappa shape index (κ2) is 8.19. The highest BCUT2D eigenvalue weighted by atomic mass is 79.9. The summed E-state index contributed by atoms with van der Waals surface area (Å²) < 4.78 is 7.28. The summed E-state index contributed by atoms with van der Waals surface area (Å²) >= 11 is 3.45. The third kappa shape index (κ3) is 3.97. The van der Waals surface area contributed by atoms with E-state index in [1.165, 1.54) is 0 Å². The molecule has 0 N–H and O–H groups in total. The predicted molar refractivity (Wildman–Crippen MR) is 115 cm³/mol. The van der Waals surface area contributed by atoms with Crippen LogP contribution in [0.3, 0.4) is 0 Å². The van der Waals surface area contributed by atoms with Crippen LogP contribution in [0.25, 0.3) is 0 Å². The average molecular weight is 436 g/mol.